The molecule has 9 aliphatic rings. The lowest BCUT2D eigenvalue weighted by molar-refractivity contribution is -0.0589. The molecule has 9 fully saturated rings. The van der Waals surface area contributed by atoms with Gasteiger partial charge in [-0.25, -0.2) is 102 Å². The number of ether oxygens (including phenoxy) is 6. The SMILES string of the molecule is Cc1nc2c(ncn2[C@@H]2O[C@@H]3COP(O)(=S)O[C@H]4[C@@H](O)[C@H](n5cnc6c(N)ncnc65)O[C@@H]4COP(O)(=S)O[C@H]3[C@H]2F)c(=O)[nH]1.Cc1ncnc2c1ncn2[C@@H]1O[C@@H]2COP(O)(=S)O[C@H]3[C@@H](F)[C@H](n4cnc5c(N)ncnc54)O[C@@H]3COP(=O)(S)O[C@H]2[C@H]1O.Cc1ncnc2c1ncn2[C@@H]1O[C@@H]2COP(O)(=S)O[C@H]3[C@@H](F)[C@H](n4cnc5c(N)ncnc54)O[C@@H]3COP(O)(=S)O[C@H]2[C@H]1O. The van der Waals surface area contributed by atoms with Crippen LogP contribution in [-0.4, -0.2) is 307 Å². The molecule has 133 heavy (non-hydrogen) atoms. The van der Waals surface area contributed by atoms with E-state index in [0.29, 0.717) is 33.7 Å². The van der Waals surface area contributed by atoms with Gasteiger partial charge in [0.1, 0.15) is 157 Å². The Kier molecular flexibility index (Phi) is 26.2. The van der Waals surface area contributed by atoms with E-state index in [4.69, 9.17) is 159 Å². The molecule has 9 saturated heterocycles. The van der Waals surface area contributed by atoms with Crippen LogP contribution < -0.4 is 22.8 Å². The van der Waals surface area contributed by atoms with Crippen LogP contribution in [0.1, 0.15) is 54.6 Å². The van der Waals surface area contributed by atoms with E-state index in [0.717, 1.165) is 0 Å². The molecule has 15 N–H and O–H groups in total. The van der Waals surface area contributed by atoms with Gasteiger partial charge in [-0.1, -0.05) is 12.2 Å². The molecule has 30 atom stereocenters. The minimum atomic E-state index is -4.28. The van der Waals surface area contributed by atoms with Crippen molar-refractivity contribution in [3.05, 3.63) is 97.2 Å². The lowest BCUT2D eigenvalue weighted by Gasteiger charge is -2.30. The monoisotopic (exact) mass is 2090 g/mol. The summed E-state index contributed by atoms with van der Waals surface area (Å²) in [6.07, 6.45) is -20.2. The second-order valence-corrected chi connectivity index (χ2v) is 47.3. The summed E-state index contributed by atoms with van der Waals surface area (Å²) in [6, 6.07) is 0. The number of aromatic nitrogens is 24. The van der Waals surface area contributed by atoms with Crippen molar-refractivity contribution < 1.29 is 140 Å². The third-order valence-electron chi connectivity index (χ3n) is 22.1. The molecule has 714 valence electrons. The number of halogens is 3. The number of nitrogen functional groups attached to an aromatic ring is 3. The van der Waals surface area contributed by atoms with Gasteiger partial charge in [0.25, 0.3) is 5.56 Å². The number of aliphatic hydroxyl groups excluding tert-OH is 3. The second kappa shape index (κ2) is 36.7. The zero-order chi connectivity index (χ0) is 93.8. The van der Waals surface area contributed by atoms with E-state index in [1.165, 1.54) is 104 Å². The smallest absolute Gasteiger partial charge is 0.386 e. The van der Waals surface area contributed by atoms with E-state index in [9.17, 15) is 49.1 Å². The third kappa shape index (κ3) is 18.6. The van der Waals surface area contributed by atoms with Crippen LogP contribution in [0.3, 0.4) is 0 Å². The summed E-state index contributed by atoms with van der Waals surface area (Å²) in [5.41, 5.74) is 21.1. The van der Waals surface area contributed by atoms with Crippen molar-refractivity contribution in [2.45, 2.75) is 168 Å². The lowest BCUT2D eigenvalue weighted by Crippen LogP contribution is -2.38. The standard InChI is InChI=1S/C21H24FN9O10P2S2.2C21H24FN9O9P2S2/c1-7-28-18-12(19(33)29-7)27-6-31(18)20-10(22)14-8(38-20)2-36-43(35,45)41-15-9(3-37-42(34,44)40-14)39-21(13(15)32)30-5-26-11-16(23)24-4-25-17(11)30;2*1-8-12-18(26-4-24-8)31(6-28-12)21-14(32)16-10(38-21)3-36-41(33,43)39-15-9(2-35-42(34,44)40-16)37-20(11(15)22)30-7-29-13-17(23)25-5-27-19(13)30/h4-6,8-10,13-15,20-21,32H,2-3H2,1H3,(H,34,44)(H,35,45)(H2,23,24,25)(H,28,29,33);2*4-7,9-11,14-16,20-21,32H,2-3H2,1H3,(H,33,43)(H,34,44)(H2,23,25,27)/t8-,9-,10-,13-,14-,15-,20-,21-,42?,43?;2*9-,10-,11-,14-,15-,16-,20-,21-,41?,42?/m111/s1. The van der Waals surface area contributed by atoms with Gasteiger partial charge >= 0.3 is 40.4 Å². The predicted molar refractivity (Wildman–Crippen MR) is 462 cm³/mol. The summed E-state index contributed by atoms with van der Waals surface area (Å²) in [7, 11) is 0. The van der Waals surface area contributed by atoms with E-state index in [2.05, 4.69) is 102 Å². The molecule has 55 nitrogen and oxygen atoms in total. The molecule has 12 aromatic rings. The van der Waals surface area contributed by atoms with Crippen molar-refractivity contribution in [2.24, 2.45) is 0 Å². The zero-order valence-corrected chi connectivity index (χ0v) is 77.9. The Labute approximate surface area is 771 Å². The van der Waals surface area contributed by atoms with Gasteiger partial charge in [-0.2, -0.15) is 0 Å². The number of thiol groups is 1. The number of alkyl halides is 3. The van der Waals surface area contributed by atoms with Gasteiger partial charge in [0, 0.05) is 0 Å². The first-order valence-corrected chi connectivity index (χ1v) is 54.7. The second-order valence-electron chi connectivity index (χ2n) is 30.5. The van der Waals surface area contributed by atoms with Gasteiger partial charge in [-0.15, -0.1) is 0 Å². The summed E-state index contributed by atoms with van der Waals surface area (Å²) in [4.78, 5) is 140. The van der Waals surface area contributed by atoms with E-state index < -0.39 is 233 Å². The van der Waals surface area contributed by atoms with Crippen LogP contribution in [0.4, 0.5) is 30.6 Å². The maximum atomic E-state index is 16.1. The quantitative estimate of drug-likeness (QED) is 0.0816. The fourth-order valence-electron chi connectivity index (χ4n) is 16.0. The van der Waals surface area contributed by atoms with Crippen LogP contribution in [0.25, 0.3) is 67.0 Å². The highest BCUT2D eigenvalue weighted by atomic mass is 32.7. The highest BCUT2D eigenvalue weighted by molar-refractivity contribution is 8.44. The predicted octanol–water partition coefficient (Wildman–Crippen LogP) is 1.02. The Bertz CT molecular complexity index is 6360. The third-order valence-corrected chi connectivity index (χ3v) is 31.5. The molecule has 0 radical (unpaired) electrons. The molecular weight excluding hydrogens is 2020 g/mol. The minimum Gasteiger partial charge on any atom is -0.386 e. The Hall–Kier alpha value is -6.92. The number of imidazole rings is 6. The number of hydrogen-bond acceptors (Lipinski definition) is 48. The average molecular weight is 2090 g/mol. The highest BCUT2D eigenvalue weighted by Crippen LogP contribution is 2.61. The molecular formula is C63H72F3N27O28P6S6. The molecule has 6 unspecified atom stereocenters. The number of aromatic amines is 1. The van der Waals surface area contributed by atoms with Gasteiger partial charge in [0.05, 0.1) is 89.0 Å². The van der Waals surface area contributed by atoms with E-state index in [-0.39, 0.29) is 67.9 Å². The maximum Gasteiger partial charge on any atom is 0.386 e. The minimum absolute atomic E-state index is 0.0331. The first kappa shape index (κ1) is 95.0. The molecule has 70 heteroatoms. The molecule has 21 heterocycles. The molecule has 0 bridgehead atoms. The maximum absolute atomic E-state index is 16.1. The van der Waals surface area contributed by atoms with Crippen molar-refractivity contribution in [3.63, 3.8) is 0 Å². The summed E-state index contributed by atoms with van der Waals surface area (Å²) in [5, 5.41) is 33.8. The molecule has 0 saturated carbocycles. The van der Waals surface area contributed by atoms with Crippen LogP contribution in [-0.2, 0) is 146 Å². The van der Waals surface area contributed by atoms with Crippen molar-refractivity contribution >= 4 is 196 Å². The zero-order valence-electron chi connectivity index (χ0n) is 67.5. The van der Waals surface area contributed by atoms with Crippen molar-refractivity contribution in [3.8, 4) is 0 Å². The van der Waals surface area contributed by atoms with Gasteiger partial charge in [-0.3, -0.25) is 63.9 Å². The highest BCUT2D eigenvalue weighted by Gasteiger charge is 2.59. The number of rotatable bonds is 6. The summed E-state index contributed by atoms with van der Waals surface area (Å²) < 4.78 is 172. The molecule has 21 rings (SSSR count). The Morgan fingerprint density at radius 3 is 0.940 bits per heavy atom. The summed E-state index contributed by atoms with van der Waals surface area (Å²) >= 11 is 30.1. The Morgan fingerprint density at radius 2 is 0.609 bits per heavy atom. The summed E-state index contributed by atoms with van der Waals surface area (Å²) in [5.74, 6) is 0.494. The van der Waals surface area contributed by atoms with Crippen LogP contribution in [0.2, 0.25) is 0 Å². The molecule has 12 aromatic heterocycles. The first-order valence-electron chi connectivity index (χ1n) is 39.0. The number of fused-ring (bicyclic) bond motifs is 12. The van der Waals surface area contributed by atoms with Crippen molar-refractivity contribution in [1.29, 1.82) is 0 Å². The van der Waals surface area contributed by atoms with Gasteiger partial charge in [0.2, 0.25) is 0 Å². The van der Waals surface area contributed by atoms with Crippen LogP contribution in [0.15, 0.2) is 74.4 Å². The fourth-order valence-corrected chi connectivity index (χ4v) is 24.7. The van der Waals surface area contributed by atoms with Gasteiger partial charge in [0.15, 0.2) is 113 Å². The Morgan fingerprint density at radius 1 is 0.361 bits per heavy atom. The van der Waals surface area contributed by atoms with Crippen LogP contribution >= 0.6 is 52.6 Å². The number of anilines is 3. The van der Waals surface area contributed by atoms with Crippen LogP contribution in [0, 0.1) is 20.8 Å². The van der Waals surface area contributed by atoms with Gasteiger partial charge in [-0.05, 0) is 79.8 Å². The van der Waals surface area contributed by atoms with Crippen molar-refractivity contribution in [2.75, 3.05) is 56.8 Å². The van der Waals surface area contributed by atoms with E-state index in [1.54, 1.807) is 13.8 Å². The number of aryl methyl sites for hydroxylation is 3. The number of H-pyrrole nitrogens is 1. The fraction of sp³-hybridized carbons (Fsp3) is 0.524. The van der Waals surface area contributed by atoms with E-state index >= 15 is 13.2 Å². The van der Waals surface area contributed by atoms with E-state index in [1.807, 2.05) is 0 Å². The number of nitrogens with zero attached hydrogens (tertiary/aromatic N) is 23. The normalized spacial score (nSPS) is 38.1. The molecule has 0 aromatic carbocycles. The van der Waals surface area contributed by atoms with Crippen molar-refractivity contribution in [1.82, 2.24) is 117 Å². The number of nitrogens with two attached hydrogens (primary N) is 3. The number of aliphatic hydroxyl groups is 3. The molecule has 0 spiro atoms. The lowest BCUT2D eigenvalue weighted by atomic mass is 10.1. The van der Waals surface area contributed by atoms with Crippen LogP contribution in [0.5, 0.6) is 0 Å². The molecule has 9 aliphatic heterocycles. The number of hydrogen-bond donors (Lipinski definition) is 13. The average Bonchev–Trinajstić information content (AvgIpc) is 1.63. The molecule has 0 aliphatic carbocycles. The largest absolute Gasteiger partial charge is 0.386 e. The number of nitrogens with one attached hydrogen (secondary N) is 1. The topological polar surface area (TPSA) is 705 Å². The van der Waals surface area contributed by atoms with Gasteiger partial charge < -0.3 is 113 Å². The summed E-state index contributed by atoms with van der Waals surface area (Å²) in [6.45, 7) is -23.4. The Balaban J connectivity index is 0.000000129. The first-order chi connectivity index (χ1) is 63.2. The molecule has 0 amide bonds.